The van der Waals surface area contributed by atoms with Crippen molar-refractivity contribution >= 4 is 31.8 Å². The Hall–Kier alpha value is -1.51. The maximum absolute atomic E-state index is 13.3. The average molecular weight is 374 g/mol. The molecule has 0 bridgehead atoms. The number of rotatable bonds is 4. The van der Waals surface area contributed by atoms with Gasteiger partial charge in [0.2, 0.25) is 0 Å². The molecule has 0 spiro atoms. The third-order valence-corrected chi connectivity index (χ3v) is 5.09. The van der Waals surface area contributed by atoms with E-state index in [1.54, 1.807) is 13.0 Å². The summed E-state index contributed by atoms with van der Waals surface area (Å²) in [6.07, 6.45) is 1.49. The Morgan fingerprint density at radius 3 is 2.71 bits per heavy atom. The number of anilines is 1. The molecule has 1 aromatic heterocycles. The predicted octanol–water partition coefficient (Wildman–Crippen LogP) is 2.55. The number of halogens is 2. The van der Waals surface area contributed by atoms with Crippen LogP contribution in [0.2, 0.25) is 0 Å². The molecule has 1 heterocycles. The Balaban J connectivity index is 2.42. The molecule has 1 aromatic carbocycles. The number of sulfonamides is 1. The second kappa shape index (κ2) is 6.08. The second-order valence-corrected chi connectivity index (χ2v) is 6.89. The van der Waals surface area contributed by atoms with Gasteiger partial charge >= 0.3 is 0 Å². The zero-order chi connectivity index (χ0) is 15.6. The molecular weight excluding hydrogens is 361 g/mol. The number of nitrogens with two attached hydrogens (primary N) is 1. The minimum absolute atomic E-state index is 0.0106. The number of benzene rings is 1. The van der Waals surface area contributed by atoms with Crippen LogP contribution in [0.5, 0.6) is 0 Å². The number of aryl methyl sites for hydroxylation is 1. The van der Waals surface area contributed by atoms with Gasteiger partial charge < -0.3 is 5.73 Å². The SMILES string of the molecule is Cc1cc(NS(=O)(=O)c2cc(F)ccc2CN)ncc1Br. The summed E-state index contributed by atoms with van der Waals surface area (Å²) in [5.74, 6) is -0.490. The highest BCUT2D eigenvalue weighted by Gasteiger charge is 2.19. The van der Waals surface area contributed by atoms with Crippen LogP contribution in [0.3, 0.4) is 0 Å². The van der Waals surface area contributed by atoms with Crippen molar-refractivity contribution in [2.45, 2.75) is 18.4 Å². The van der Waals surface area contributed by atoms with E-state index in [1.165, 1.54) is 18.3 Å². The second-order valence-electron chi connectivity index (χ2n) is 4.38. The highest BCUT2D eigenvalue weighted by atomic mass is 79.9. The van der Waals surface area contributed by atoms with E-state index < -0.39 is 15.8 Å². The molecule has 8 heteroatoms. The standard InChI is InChI=1S/C13H13BrFN3O2S/c1-8-4-13(17-7-11(8)14)18-21(19,20)12-5-10(15)3-2-9(12)6-16/h2-5,7H,6,16H2,1H3,(H,17,18). The third-order valence-electron chi connectivity index (χ3n) is 2.82. The van der Waals surface area contributed by atoms with Crippen LogP contribution in [0, 0.1) is 12.7 Å². The molecule has 112 valence electrons. The molecule has 2 rings (SSSR count). The molecule has 0 aliphatic heterocycles. The van der Waals surface area contributed by atoms with Crippen LogP contribution in [0.15, 0.2) is 39.8 Å². The van der Waals surface area contributed by atoms with Gasteiger partial charge in [0.05, 0.1) is 4.90 Å². The van der Waals surface area contributed by atoms with Crippen molar-refractivity contribution in [2.75, 3.05) is 4.72 Å². The number of nitrogens with one attached hydrogen (secondary N) is 1. The van der Waals surface area contributed by atoms with Gasteiger partial charge in [-0.3, -0.25) is 4.72 Å². The van der Waals surface area contributed by atoms with Crippen LogP contribution in [-0.4, -0.2) is 13.4 Å². The van der Waals surface area contributed by atoms with E-state index in [2.05, 4.69) is 25.6 Å². The molecule has 0 unspecified atom stereocenters. The molecule has 2 aromatic rings. The first-order valence-electron chi connectivity index (χ1n) is 5.97. The van der Waals surface area contributed by atoms with Crippen LogP contribution >= 0.6 is 15.9 Å². The molecule has 0 aliphatic rings. The van der Waals surface area contributed by atoms with Crippen molar-refractivity contribution in [3.8, 4) is 0 Å². The Kier molecular flexibility index (Phi) is 4.60. The Bertz CT molecular complexity index is 781. The number of aromatic nitrogens is 1. The molecule has 5 nitrogen and oxygen atoms in total. The zero-order valence-electron chi connectivity index (χ0n) is 11.1. The molecule has 0 aliphatic carbocycles. The van der Waals surface area contributed by atoms with Crippen molar-refractivity contribution in [2.24, 2.45) is 5.73 Å². The molecule has 0 atom stereocenters. The van der Waals surface area contributed by atoms with E-state index in [1.807, 2.05) is 0 Å². The topological polar surface area (TPSA) is 85.1 Å². The van der Waals surface area contributed by atoms with Gasteiger partial charge in [-0.15, -0.1) is 0 Å². The van der Waals surface area contributed by atoms with Crippen molar-refractivity contribution in [3.63, 3.8) is 0 Å². The number of pyridine rings is 1. The van der Waals surface area contributed by atoms with E-state index in [9.17, 15) is 12.8 Å². The van der Waals surface area contributed by atoms with Crippen molar-refractivity contribution < 1.29 is 12.8 Å². The van der Waals surface area contributed by atoms with Gasteiger partial charge in [0, 0.05) is 17.2 Å². The highest BCUT2D eigenvalue weighted by Crippen LogP contribution is 2.22. The molecular formula is C13H13BrFN3O2S. The largest absolute Gasteiger partial charge is 0.326 e. The summed E-state index contributed by atoms with van der Waals surface area (Å²) in [5, 5.41) is 0. The maximum atomic E-state index is 13.3. The lowest BCUT2D eigenvalue weighted by Crippen LogP contribution is -2.17. The average Bonchev–Trinajstić information content (AvgIpc) is 2.42. The summed E-state index contributed by atoms with van der Waals surface area (Å²) in [4.78, 5) is 3.78. The van der Waals surface area contributed by atoms with Gasteiger partial charge in [0.25, 0.3) is 10.0 Å². The fraction of sp³-hybridized carbons (Fsp3) is 0.154. The van der Waals surface area contributed by atoms with Crippen LogP contribution in [0.1, 0.15) is 11.1 Å². The van der Waals surface area contributed by atoms with Crippen LogP contribution in [-0.2, 0) is 16.6 Å². The van der Waals surface area contributed by atoms with Crippen molar-refractivity contribution in [3.05, 3.63) is 51.9 Å². The summed E-state index contributed by atoms with van der Waals surface area (Å²) in [6, 6.07) is 5.03. The fourth-order valence-electron chi connectivity index (χ4n) is 1.73. The first-order valence-corrected chi connectivity index (χ1v) is 8.24. The Morgan fingerprint density at radius 1 is 1.38 bits per heavy atom. The van der Waals surface area contributed by atoms with Crippen molar-refractivity contribution in [1.29, 1.82) is 0 Å². The first kappa shape index (κ1) is 15.9. The number of hydrogen-bond acceptors (Lipinski definition) is 4. The highest BCUT2D eigenvalue weighted by molar-refractivity contribution is 9.10. The van der Waals surface area contributed by atoms with Crippen LogP contribution in [0.4, 0.5) is 10.2 Å². The molecule has 0 amide bonds. The molecule has 3 N–H and O–H groups in total. The van der Waals surface area contributed by atoms with E-state index >= 15 is 0 Å². The van der Waals surface area contributed by atoms with E-state index in [4.69, 9.17) is 5.73 Å². The van der Waals surface area contributed by atoms with Crippen LogP contribution < -0.4 is 10.5 Å². The fourth-order valence-corrected chi connectivity index (χ4v) is 3.21. The van der Waals surface area contributed by atoms with Gasteiger partial charge in [-0.1, -0.05) is 6.07 Å². The maximum Gasteiger partial charge on any atom is 0.263 e. The summed E-state index contributed by atoms with van der Waals surface area (Å²) in [5.41, 5.74) is 6.65. The zero-order valence-corrected chi connectivity index (χ0v) is 13.5. The van der Waals surface area contributed by atoms with Gasteiger partial charge in [-0.2, -0.15) is 0 Å². The lowest BCUT2D eigenvalue weighted by Gasteiger charge is -2.11. The number of hydrogen-bond donors (Lipinski definition) is 2. The summed E-state index contributed by atoms with van der Waals surface area (Å²) < 4.78 is 41.1. The molecule has 0 radical (unpaired) electrons. The van der Waals surface area contributed by atoms with E-state index in [0.29, 0.717) is 5.56 Å². The van der Waals surface area contributed by atoms with E-state index in [0.717, 1.165) is 16.1 Å². The summed E-state index contributed by atoms with van der Waals surface area (Å²) >= 11 is 3.28. The van der Waals surface area contributed by atoms with Gasteiger partial charge in [0.15, 0.2) is 0 Å². The first-order chi connectivity index (χ1) is 9.83. The van der Waals surface area contributed by atoms with Crippen LogP contribution in [0.25, 0.3) is 0 Å². The summed E-state index contributed by atoms with van der Waals surface area (Å²) in [7, 11) is -3.96. The summed E-state index contributed by atoms with van der Waals surface area (Å²) in [6.45, 7) is 1.79. The lowest BCUT2D eigenvalue weighted by molar-refractivity contribution is 0.593. The van der Waals surface area contributed by atoms with Crippen molar-refractivity contribution in [1.82, 2.24) is 4.98 Å². The normalized spacial score (nSPS) is 11.4. The Morgan fingerprint density at radius 2 is 2.10 bits per heavy atom. The Labute approximate surface area is 130 Å². The smallest absolute Gasteiger partial charge is 0.263 e. The monoisotopic (exact) mass is 373 g/mol. The van der Waals surface area contributed by atoms with E-state index in [-0.39, 0.29) is 17.3 Å². The van der Waals surface area contributed by atoms with Gasteiger partial charge in [-0.25, -0.2) is 17.8 Å². The van der Waals surface area contributed by atoms with Gasteiger partial charge in [0.1, 0.15) is 11.6 Å². The third kappa shape index (κ3) is 3.58. The molecule has 0 fully saturated rings. The minimum atomic E-state index is -3.96. The molecule has 0 saturated heterocycles. The lowest BCUT2D eigenvalue weighted by atomic mass is 10.2. The van der Waals surface area contributed by atoms with Gasteiger partial charge in [-0.05, 0) is 52.2 Å². The quantitative estimate of drug-likeness (QED) is 0.862. The molecule has 0 saturated carbocycles. The number of nitrogens with zero attached hydrogens (tertiary/aromatic N) is 1. The minimum Gasteiger partial charge on any atom is -0.326 e. The predicted molar refractivity (Wildman–Crippen MR) is 81.8 cm³/mol. The molecule has 21 heavy (non-hydrogen) atoms.